The van der Waals surface area contributed by atoms with Crippen LogP contribution in [-0.2, 0) is 0 Å². The Balaban J connectivity index is 2.09. The summed E-state index contributed by atoms with van der Waals surface area (Å²) >= 11 is 0. The summed E-state index contributed by atoms with van der Waals surface area (Å²) in [6.07, 6.45) is 2.22. The minimum Gasteiger partial charge on any atom is -0.482 e. The zero-order valence-corrected chi connectivity index (χ0v) is 9.89. The molecular weight excluding hydrogens is 216 g/mol. The van der Waals surface area contributed by atoms with E-state index >= 15 is 0 Å². The summed E-state index contributed by atoms with van der Waals surface area (Å²) in [5.41, 5.74) is 0.859. The molecule has 17 heavy (non-hydrogen) atoms. The van der Waals surface area contributed by atoms with Crippen molar-refractivity contribution in [2.45, 2.75) is 18.8 Å². The third kappa shape index (κ3) is 1.76. The van der Waals surface area contributed by atoms with E-state index in [0.717, 1.165) is 43.3 Å². The van der Waals surface area contributed by atoms with E-state index in [9.17, 15) is 0 Å². The van der Waals surface area contributed by atoms with Gasteiger partial charge in [0.15, 0.2) is 5.65 Å². The van der Waals surface area contributed by atoms with Gasteiger partial charge in [-0.2, -0.15) is 0 Å². The molecule has 0 aliphatic carbocycles. The van der Waals surface area contributed by atoms with Gasteiger partial charge in [0.25, 0.3) is 0 Å². The molecule has 0 bridgehead atoms. The van der Waals surface area contributed by atoms with Crippen LogP contribution in [-0.4, -0.2) is 34.8 Å². The molecule has 1 fully saturated rings. The summed E-state index contributed by atoms with van der Waals surface area (Å²) in [7, 11) is 1.68. The average Bonchev–Trinajstić information content (AvgIpc) is 2.83. The van der Waals surface area contributed by atoms with Crippen LogP contribution in [0.15, 0.2) is 18.2 Å². The number of rotatable bonds is 2. The summed E-state index contributed by atoms with van der Waals surface area (Å²) < 4.78 is 7.41. The van der Waals surface area contributed by atoms with Gasteiger partial charge in [-0.15, -0.1) is 10.2 Å². The number of piperidine rings is 1. The van der Waals surface area contributed by atoms with Gasteiger partial charge in [0, 0.05) is 5.92 Å². The van der Waals surface area contributed by atoms with Crippen LogP contribution in [0, 0.1) is 0 Å². The van der Waals surface area contributed by atoms with Crippen molar-refractivity contribution in [1.82, 2.24) is 19.9 Å². The molecule has 2 aromatic heterocycles. The van der Waals surface area contributed by atoms with Crippen molar-refractivity contribution in [3.63, 3.8) is 0 Å². The Morgan fingerprint density at radius 1 is 1.29 bits per heavy atom. The molecule has 0 aromatic carbocycles. The van der Waals surface area contributed by atoms with Crippen LogP contribution < -0.4 is 10.1 Å². The zero-order valence-electron chi connectivity index (χ0n) is 9.89. The van der Waals surface area contributed by atoms with Crippen LogP contribution >= 0.6 is 0 Å². The lowest BCUT2D eigenvalue weighted by Crippen LogP contribution is -2.27. The fourth-order valence-electron chi connectivity index (χ4n) is 2.44. The monoisotopic (exact) mass is 232 g/mol. The predicted octanol–water partition coefficient (Wildman–Crippen LogP) is 1.20. The first-order valence-corrected chi connectivity index (χ1v) is 5.99. The van der Waals surface area contributed by atoms with Crippen molar-refractivity contribution in [2.24, 2.45) is 0 Å². The lowest BCUT2D eigenvalue weighted by Gasteiger charge is -2.21. The highest BCUT2D eigenvalue weighted by Crippen LogP contribution is 2.26. The molecule has 1 aliphatic heterocycles. The van der Waals surface area contributed by atoms with Crippen LogP contribution in [0.1, 0.15) is 24.6 Å². The summed E-state index contributed by atoms with van der Waals surface area (Å²) in [5.74, 6) is 2.31. The van der Waals surface area contributed by atoms with E-state index in [0.29, 0.717) is 5.92 Å². The molecule has 3 rings (SSSR count). The topological polar surface area (TPSA) is 51.5 Å². The normalized spacial score (nSPS) is 17.5. The van der Waals surface area contributed by atoms with E-state index in [1.807, 2.05) is 22.6 Å². The maximum absolute atomic E-state index is 5.38. The number of hydrogen-bond donors (Lipinski definition) is 1. The zero-order chi connectivity index (χ0) is 11.7. The number of ether oxygens (including phenoxy) is 1. The molecule has 0 spiro atoms. The van der Waals surface area contributed by atoms with Gasteiger partial charge < -0.3 is 10.1 Å². The second kappa shape index (κ2) is 4.33. The first-order chi connectivity index (χ1) is 8.40. The first-order valence-electron chi connectivity index (χ1n) is 5.99. The van der Waals surface area contributed by atoms with E-state index in [1.165, 1.54) is 0 Å². The highest BCUT2D eigenvalue weighted by atomic mass is 16.5. The lowest BCUT2D eigenvalue weighted by atomic mass is 9.97. The molecule has 0 radical (unpaired) electrons. The highest BCUT2D eigenvalue weighted by Gasteiger charge is 2.21. The van der Waals surface area contributed by atoms with Crippen LogP contribution in [0.4, 0.5) is 0 Å². The molecule has 3 heterocycles. The van der Waals surface area contributed by atoms with E-state index in [1.54, 1.807) is 7.11 Å². The Hall–Kier alpha value is -1.62. The standard InChI is InChI=1S/C12H16N4O/c1-17-11-4-2-3-10-14-15-12(16(10)11)9-5-7-13-8-6-9/h2-4,9,13H,5-8H2,1H3. The number of fused-ring (bicyclic) bond motifs is 1. The van der Waals surface area contributed by atoms with Crippen molar-refractivity contribution in [3.05, 3.63) is 24.0 Å². The van der Waals surface area contributed by atoms with Gasteiger partial charge in [-0.3, -0.25) is 0 Å². The van der Waals surface area contributed by atoms with Crippen molar-refractivity contribution in [3.8, 4) is 5.88 Å². The summed E-state index contributed by atoms with van der Waals surface area (Å²) in [6.45, 7) is 2.10. The average molecular weight is 232 g/mol. The van der Waals surface area contributed by atoms with Crippen LogP contribution in [0.5, 0.6) is 5.88 Å². The summed E-state index contributed by atoms with van der Waals surface area (Å²) in [4.78, 5) is 0. The molecule has 90 valence electrons. The Bertz CT molecular complexity index is 516. The minimum atomic E-state index is 0.475. The number of hydrogen-bond acceptors (Lipinski definition) is 4. The van der Waals surface area contributed by atoms with Gasteiger partial charge in [-0.05, 0) is 38.1 Å². The molecule has 1 aliphatic rings. The SMILES string of the molecule is COc1cccc2nnc(C3CCNCC3)n12. The van der Waals surface area contributed by atoms with Gasteiger partial charge >= 0.3 is 0 Å². The lowest BCUT2D eigenvalue weighted by molar-refractivity contribution is 0.381. The van der Waals surface area contributed by atoms with Gasteiger partial charge in [0.05, 0.1) is 7.11 Å². The maximum atomic E-state index is 5.38. The Morgan fingerprint density at radius 2 is 2.12 bits per heavy atom. The van der Waals surface area contributed by atoms with Gasteiger partial charge in [-0.25, -0.2) is 4.40 Å². The Morgan fingerprint density at radius 3 is 2.88 bits per heavy atom. The maximum Gasteiger partial charge on any atom is 0.200 e. The van der Waals surface area contributed by atoms with Gasteiger partial charge in [-0.1, -0.05) is 6.07 Å². The van der Waals surface area contributed by atoms with E-state index in [2.05, 4.69) is 15.5 Å². The fraction of sp³-hybridized carbons (Fsp3) is 0.500. The van der Waals surface area contributed by atoms with Gasteiger partial charge in [0.2, 0.25) is 5.88 Å². The summed E-state index contributed by atoms with van der Waals surface area (Å²) in [6, 6.07) is 5.84. The van der Waals surface area contributed by atoms with Crippen LogP contribution in [0.3, 0.4) is 0 Å². The highest BCUT2D eigenvalue weighted by molar-refractivity contribution is 5.42. The quantitative estimate of drug-likeness (QED) is 0.845. The van der Waals surface area contributed by atoms with Crippen molar-refractivity contribution in [2.75, 3.05) is 20.2 Å². The second-order valence-electron chi connectivity index (χ2n) is 4.34. The van der Waals surface area contributed by atoms with E-state index in [4.69, 9.17) is 4.74 Å². The largest absolute Gasteiger partial charge is 0.482 e. The molecule has 0 amide bonds. The van der Waals surface area contributed by atoms with Gasteiger partial charge in [0.1, 0.15) is 5.82 Å². The molecule has 5 heteroatoms. The van der Waals surface area contributed by atoms with Crippen molar-refractivity contribution in [1.29, 1.82) is 0 Å². The number of pyridine rings is 1. The molecular formula is C12H16N4O. The number of methoxy groups -OCH3 is 1. The van der Waals surface area contributed by atoms with E-state index < -0.39 is 0 Å². The molecule has 5 nitrogen and oxygen atoms in total. The van der Waals surface area contributed by atoms with Crippen LogP contribution in [0.2, 0.25) is 0 Å². The van der Waals surface area contributed by atoms with Crippen LogP contribution in [0.25, 0.3) is 5.65 Å². The third-order valence-corrected chi connectivity index (χ3v) is 3.33. The number of nitrogens with zero attached hydrogens (tertiary/aromatic N) is 3. The Kier molecular flexibility index (Phi) is 2.68. The molecule has 2 aromatic rings. The fourth-order valence-corrected chi connectivity index (χ4v) is 2.44. The molecule has 1 N–H and O–H groups in total. The first kappa shape index (κ1) is 10.5. The molecule has 0 saturated carbocycles. The number of aromatic nitrogens is 3. The third-order valence-electron chi connectivity index (χ3n) is 3.33. The Labute approximate surface area is 99.8 Å². The second-order valence-corrected chi connectivity index (χ2v) is 4.34. The minimum absolute atomic E-state index is 0.475. The predicted molar refractivity (Wildman–Crippen MR) is 64.4 cm³/mol. The summed E-state index contributed by atoms with van der Waals surface area (Å²) in [5, 5.41) is 11.9. The smallest absolute Gasteiger partial charge is 0.200 e. The number of nitrogens with one attached hydrogen (secondary N) is 1. The van der Waals surface area contributed by atoms with Crippen molar-refractivity contribution >= 4 is 5.65 Å². The van der Waals surface area contributed by atoms with E-state index in [-0.39, 0.29) is 0 Å². The molecule has 0 unspecified atom stereocenters. The molecule has 0 atom stereocenters. The van der Waals surface area contributed by atoms with Crippen molar-refractivity contribution < 1.29 is 4.74 Å². The molecule has 1 saturated heterocycles.